The molecule has 1 aromatic heterocycles. The first-order chi connectivity index (χ1) is 13.9. The fourth-order valence-electron chi connectivity index (χ4n) is 8.31. The zero-order valence-electron chi connectivity index (χ0n) is 18.8. The molecule has 2 fully saturated rings. The van der Waals surface area contributed by atoms with Crippen molar-refractivity contribution in [2.75, 3.05) is 0 Å². The minimum absolute atomic E-state index is 0.114. The van der Waals surface area contributed by atoms with E-state index in [0.29, 0.717) is 16.7 Å². The average Bonchev–Trinajstić information content (AvgIpc) is 3.32. The SMILES string of the molecule is CCC1=C(c2cc[nH]c2)[C@@]2(C)CC[C@@H]3[C@@H](C(CC)C=C4CC(O)CC[C@@]43C)[C@@H]2C1. The van der Waals surface area contributed by atoms with Gasteiger partial charge in [-0.25, -0.2) is 0 Å². The van der Waals surface area contributed by atoms with Crippen LogP contribution in [0.4, 0.5) is 0 Å². The van der Waals surface area contributed by atoms with E-state index < -0.39 is 0 Å². The molecule has 2 heteroatoms. The molecule has 0 aliphatic heterocycles. The van der Waals surface area contributed by atoms with Crippen molar-refractivity contribution in [2.45, 2.75) is 85.2 Å². The van der Waals surface area contributed by atoms with Crippen molar-refractivity contribution in [3.63, 3.8) is 0 Å². The van der Waals surface area contributed by atoms with Gasteiger partial charge in [-0.05, 0) is 103 Å². The summed E-state index contributed by atoms with van der Waals surface area (Å²) in [6.45, 7) is 9.90. The molecule has 158 valence electrons. The lowest BCUT2D eigenvalue weighted by atomic mass is 9.45. The number of aromatic nitrogens is 1. The summed E-state index contributed by atoms with van der Waals surface area (Å²) < 4.78 is 0. The monoisotopic (exact) mass is 393 g/mol. The van der Waals surface area contributed by atoms with Crippen LogP contribution in [0.25, 0.3) is 5.57 Å². The third kappa shape index (κ3) is 2.70. The number of hydrogen-bond donors (Lipinski definition) is 2. The second kappa shape index (κ2) is 6.87. The molecule has 4 aliphatic rings. The summed E-state index contributed by atoms with van der Waals surface area (Å²) in [4.78, 5) is 3.32. The van der Waals surface area contributed by atoms with E-state index in [0.717, 1.165) is 30.6 Å². The minimum atomic E-state index is -0.114. The van der Waals surface area contributed by atoms with E-state index in [1.807, 2.05) is 0 Å². The highest BCUT2D eigenvalue weighted by Crippen LogP contribution is 2.69. The van der Waals surface area contributed by atoms with Crippen molar-refractivity contribution >= 4 is 5.57 Å². The van der Waals surface area contributed by atoms with Crippen LogP contribution in [0.15, 0.2) is 35.7 Å². The lowest BCUT2D eigenvalue weighted by Gasteiger charge is -2.60. The summed E-state index contributed by atoms with van der Waals surface area (Å²) in [6.07, 6.45) is 16.3. The lowest BCUT2D eigenvalue weighted by molar-refractivity contribution is -0.0468. The van der Waals surface area contributed by atoms with Crippen LogP contribution >= 0.6 is 0 Å². The second-order valence-electron chi connectivity index (χ2n) is 11.0. The number of rotatable bonds is 3. The molecular formula is C27H39NO. The van der Waals surface area contributed by atoms with Crippen LogP contribution in [-0.4, -0.2) is 16.2 Å². The second-order valence-corrected chi connectivity index (χ2v) is 11.0. The van der Waals surface area contributed by atoms with E-state index in [9.17, 15) is 5.11 Å². The average molecular weight is 394 g/mol. The van der Waals surface area contributed by atoms with Gasteiger partial charge in [-0.3, -0.25) is 0 Å². The number of fused-ring (bicyclic) bond motifs is 5. The lowest BCUT2D eigenvalue weighted by Crippen LogP contribution is -2.52. The van der Waals surface area contributed by atoms with Crippen molar-refractivity contribution in [2.24, 2.45) is 34.5 Å². The molecule has 0 amide bonds. The number of aromatic amines is 1. The van der Waals surface area contributed by atoms with E-state index in [1.54, 1.807) is 16.7 Å². The van der Waals surface area contributed by atoms with Gasteiger partial charge in [0.15, 0.2) is 0 Å². The van der Waals surface area contributed by atoms with Gasteiger partial charge in [0.2, 0.25) is 0 Å². The van der Waals surface area contributed by atoms with Crippen LogP contribution in [0.2, 0.25) is 0 Å². The van der Waals surface area contributed by atoms with Crippen molar-refractivity contribution in [1.82, 2.24) is 4.98 Å². The number of aliphatic hydroxyl groups excluding tert-OH is 1. The van der Waals surface area contributed by atoms with Gasteiger partial charge in [-0.1, -0.05) is 44.9 Å². The third-order valence-electron chi connectivity index (χ3n) is 9.81. The Bertz CT molecular complexity index is 833. The van der Waals surface area contributed by atoms with Gasteiger partial charge in [-0.2, -0.15) is 0 Å². The number of H-pyrrole nitrogens is 1. The predicted octanol–water partition coefficient (Wildman–Crippen LogP) is 6.75. The molecule has 5 rings (SSSR count). The highest BCUT2D eigenvalue weighted by atomic mass is 16.3. The largest absolute Gasteiger partial charge is 0.393 e. The highest BCUT2D eigenvalue weighted by molar-refractivity contribution is 5.76. The van der Waals surface area contributed by atoms with Crippen LogP contribution in [0.5, 0.6) is 0 Å². The van der Waals surface area contributed by atoms with Crippen molar-refractivity contribution in [3.05, 3.63) is 41.2 Å². The zero-order chi connectivity index (χ0) is 20.4. The Kier molecular flexibility index (Phi) is 4.66. The molecule has 0 radical (unpaired) electrons. The molecule has 0 aromatic carbocycles. The number of aliphatic hydroxyl groups is 1. The summed E-state index contributed by atoms with van der Waals surface area (Å²) >= 11 is 0. The van der Waals surface area contributed by atoms with E-state index in [-0.39, 0.29) is 6.10 Å². The topological polar surface area (TPSA) is 36.0 Å². The fraction of sp³-hybridized carbons (Fsp3) is 0.704. The van der Waals surface area contributed by atoms with Crippen LogP contribution < -0.4 is 0 Å². The molecule has 1 heterocycles. The first kappa shape index (κ1) is 19.7. The Morgan fingerprint density at radius 3 is 2.55 bits per heavy atom. The standard InChI is InChI=1S/C27H39NO/c1-5-17-13-20-15-21(29)7-10-26(20,3)22-8-11-27(4)23(24(17)22)14-18(6-2)25(27)19-9-12-28-16-19/h9,12-13,16-17,21-24,28-29H,5-8,10-11,14-15H2,1-4H3/t17?,21?,22-,23+,24-,26+,27+/m1/s1. The van der Waals surface area contributed by atoms with Gasteiger partial charge >= 0.3 is 0 Å². The Morgan fingerprint density at radius 2 is 1.86 bits per heavy atom. The summed E-state index contributed by atoms with van der Waals surface area (Å²) in [6, 6.07) is 2.30. The first-order valence-electron chi connectivity index (χ1n) is 12.2. The molecule has 1 aromatic rings. The highest BCUT2D eigenvalue weighted by Gasteiger charge is 2.59. The molecule has 0 bridgehead atoms. The Hall–Kier alpha value is -1.28. The van der Waals surface area contributed by atoms with Crippen molar-refractivity contribution < 1.29 is 5.11 Å². The van der Waals surface area contributed by atoms with E-state index >= 15 is 0 Å². The Balaban J connectivity index is 1.58. The zero-order valence-corrected chi connectivity index (χ0v) is 18.8. The number of nitrogens with one attached hydrogen (secondary N) is 1. The molecule has 2 unspecified atom stereocenters. The molecular weight excluding hydrogens is 354 g/mol. The molecule has 7 atom stereocenters. The molecule has 0 saturated heterocycles. The minimum Gasteiger partial charge on any atom is -0.393 e. The maximum Gasteiger partial charge on any atom is 0.0577 e. The van der Waals surface area contributed by atoms with Gasteiger partial charge in [-0.15, -0.1) is 0 Å². The van der Waals surface area contributed by atoms with Gasteiger partial charge < -0.3 is 10.1 Å². The molecule has 2 N–H and O–H groups in total. The normalized spacial score (nSPS) is 44.2. The number of allylic oxidation sites excluding steroid dienone is 3. The molecule has 0 spiro atoms. The van der Waals surface area contributed by atoms with Crippen LogP contribution in [0.1, 0.15) is 84.6 Å². The van der Waals surface area contributed by atoms with Crippen LogP contribution in [0.3, 0.4) is 0 Å². The first-order valence-corrected chi connectivity index (χ1v) is 12.2. The van der Waals surface area contributed by atoms with Crippen LogP contribution in [-0.2, 0) is 0 Å². The molecule has 2 saturated carbocycles. The van der Waals surface area contributed by atoms with E-state index in [1.165, 1.54) is 44.1 Å². The maximum absolute atomic E-state index is 10.4. The Labute approximate surface area is 176 Å². The molecule has 4 aliphatic carbocycles. The third-order valence-corrected chi connectivity index (χ3v) is 9.81. The van der Waals surface area contributed by atoms with Gasteiger partial charge in [0.1, 0.15) is 0 Å². The maximum atomic E-state index is 10.4. The summed E-state index contributed by atoms with van der Waals surface area (Å²) in [7, 11) is 0. The smallest absolute Gasteiger partial charge is 0.0577 e. The molecule has 29 heavy (non-hydrogen) atoms. The summed E-state index contributed by atoms with van der Waals surface area (Å²) in [5, 5.41) is 10.4. The quantitative estimate of drug-likeness (QED) is 0.548. The predicted molar refractivity (Wildman–Crippen MR) is 120 cm³/mol. The van der Waals surface area contributed by atoms with Crippen LogP contribution in [0, 0.1) is 34.5 Å². The summed E-state index contributed by atoms with van der Waals surface area (Å²) in [5.41, 5.74) is 7.07. The van der Waals surface area contributed by atoms with E-state index in [2.05, 4.69) is 57.2 Å². The summed E-state index contributed by atoms with van der Waals surface area (Å²) in [5.74, 6) is 3.04. The van der Waals surface area contributed by atoms with Gasteiger partial charge in [0.05, 0.1) is 6.10 Å². The number of hydrogen-bond acceptors (Lipinski definition) is 1. The van der Waals surface area contributed by atoms with Gasteiger partial charge in [0, 0.05) is 12.4 Å². The van der Waals surface area contributed by atoms with E-state index in [4.69, 9.17) is 0 Å². The van der Waals surface area contributed by atoms with Crippen molar-refractivity contribution in [3.8, 4) is 0 Å². The Morgan fingerprint density at radius 1 is 1.07 bits per heavy atom. The van der Waals surface area contributed by atoms with Crippen molar-refractivity contribution in [1.29, 1.82) is 0 Å². The molecule has 2 nitrogen and oxygen atoms in total. The van der Waals surface area contributed by atoms with Gasteiger partial charge in [0.25, 0.3) is 0 Å². The fourth-order valence-corrected chi connectivity index (χ4v) is 8.31.